The van der Waals surface area contributed by atoms with Crippen LogP contribution >= 0.6 is 0 Å². The van der Waals surface area contributed by atoms with Crippen LogP contribution in [0, 0.1) is 10.1 Å². The number of aromatic nitrogens is 2. The van der Waals surface area contributed by atoms with E-state index in [0.29, 0.717) is 16.7 Å². The first-order valence-electron chi connectivity index (χ1n) is 7.63. The zero-order valence-corrected chi connectivity index (χ0v) is 13.6. The van der Waals surface area contributed by atoms with E-state index in [9.17, 15) is 19.7 Å². The van der Waals surface area contributed by atoms with Gasteiger partial charge in [0.15, 0.2) is 5.78 Å². The minimum absolute atomic E-state index is 0.157. The van der Waals surface area contributed by atoms with Crippen LogP contribution in [0.5, 0.6) is 0 Å². The van der Waals surface area contributed by atoms with Gasteiger partial charge in [0.2, 0.25) is 0 Å². The third-order valence-corrected chi connectivity index (χ3v) is 4.01. The van der Waals surface area contributed by atoms with Crippen LogP contribution in [0.25, 0.3) is 11.0 Å². The smallest absolute Gasteiger partial charge is 0.323 e. The molecule has 3 N–H and O–H groups in total. The first-order chi connectivity index (χ1) is 11.8. The number of anilines is 1. The Bertz CT molecular complexity index is 1030. The van der Waals surface area contributed by atoms with Gasteiger partial charge in [-0.1, -0.05) is 6.07 Å². The Morgan fingerprint density at radius 3 is 2.56 bits per heavy atom. The summed E-state index contributed by atoms with van der Waals surface area (Å²) < 4.78 is 0. The Hall–Kier alpha value is -3.42. The monoisotopic (exact) mass is 340 g/mol. The first-order valence-corrected chi connectivity index (χ1v) is 7.63. The number of imidazole rings is 1. The number of rotatable bonds is 5. The highest BCUT2D eigenvalue weighted by molar-refractivity contribution is 5.95. The molecule has 3 aromatic rings. The second-order valence-corrected chi connectivity index (χ2v) is 5.80. The van der Waals surface area contributed by atoms with Crippen molar-refractivity contribution in [1.82, 2.24) is 9.97 Å². The number of nitrogens with one attached hydrogen (secondary N) is 3. The van der Waals surface area contributed by atoms with Crippen molar-refractivity contribution in [3.8, 4) is 0 Å². The van der Waals surface area contributed by atoms with Gasteiger partial charge in [0.25, 0.3) is 5.69 Å². The van der Waals surface area contributed by atoms with Gasteiger partial charge in [0, 0.05) is 17.7 Å². The highest BCUT2D eigenvalue weighted by Gasteiger charge is 2.18. The number of nitro groups is 1. The number of aromatic amines is 2. The third-order valence-electron chi connectivity index (χ3n) is 4.01. The van der Waals surface area contributed by atoms with E-state index in [4.69, 9.17) is 0 Å². The second-order valence-electron chi connectivity index (χ2n) is 5.80. The van der Waals surface area contributed by atoms with Crippen molar-refractivity contribution in [2.45, 2.75) is 19.9 Å². The van der Waals surface area contributed by atoms with Gasteiger partial charge in [0.05, 0.1) is 16.0 Å². The molecule has 0 saturated heterocycles. The molecule has 0 saturated carbocycles. The van der Waals surface area contributed by atoms with Crippen LogP contribution in [0.1, 0.15) is 35.8 Å². The van der Waals surface area contributed by atoms with E-state index in [-0.39, 0.29) is 28.8 Å². The molecule has 0 aliphatic carbocycles. The summed E-state index contributed by atoms with van der Waals surface area (Å²) in [6, 6.07) is 9.52. The van der Waals surface area contributed by atoms with Gasteiger partial charge in [-0.15, -0.1) is 0 Å². The van der Waals surface area contributed by atoms with Gasteiger partial charge in [-0.3, -0.25) is 14.9 Å². The van der Waals surface area contributed by atoms with Gasteiger partial charge in [-0.05, 0) is 43.7 Å². The van der Waals surface area contributed by atoms with Crippen LogP contribution in [0.4, 0.5) is 11.4 Å². The molecule has 128 valence electrons. The number of benzene rings is 2. The van der Waals surface area contributed by atoms with E-state index in [1.54, 1.807) is 18.2 Å². The van der Waals surface area contributed by atoms with Crippen molar-refractivity contribution >= 4 is 28.2 Å². The van der Waals surface area contributed by atoms with Crippen molar-refractivity contribution in [1.29, 1.82) is 0 Å². The van der Waals surface area contributed by atoms with Crippen molar-refractivity contribution in [2.75, 3.05) is 5.32 Å². The molecular formula is C17H16N4O4. The molecule has 0 spiro atoms. The van der Waals surface area contributed by atoms with Crippen molar-refractivity contribution in [3.63, 3.8) is 0 Å². The maximum absolute atomic E-state index is 11.4. The fraction of sp³-hybridized carbons (Fsp3) is 0.176. The number of nitrogens with zero attached hydrogens (tertiary/aromatic N) is 1. The topological polar surface area (TPSA) is 121 Å². The molecule has 0 bridgehead atoms. The highest BCUT2D eigenvalue weighted by Crippen LogP contribution is 2.30. The van der Waals surface area contributed by atoms with Crippen molar-refractivity contribution in [2.24, 2.45) is 0 Å². The molecule has 1 atom stereocenters. The maximum atomic E-state index is 11.4. The first kappa shape index (κ1) is 16.4. The number of hydrogen-bond acceptors (Lipinski definition) is 5. The number of nitro benzene ring substituents is 1. The Balaban J connectivity index is 1.93. The summed E-state index contributed by atoms with van der Waals surface area (Å²) in [4.78, 5) is 38.9. The lowest BCUT2D eigenvalue weighted by Crippen LogP contribution is -2.09. The fourth-order valence-electron chi connectivity index (χ4n) is 2.66. The third kappa shape index (κ3) is 3.27. The molecule has 3 rings (SSSR count). The average Bonchev–Trinajstić information content (AvgIpc) is 2.93. The van der Waals surface area contributed by atoms with E-state index < -0.39 is 4.92 Å². The summed E-state index contributed by atoms with van der Waals surface area (Å²) in [6.45, 7) is 3.22. The molecule has 25 heavy (non-hydrogen) atoms. The number of fused-ring (bicyclic) bond motifs is 1. The number of carbonyl (C=O) groups excluding carboxylic acids is 1. The maximum Gasteiger partial charge on any atom is 0.323 e. The Morgan fingerprint density at radius 2 is 1.88 bits per heavy atom. The summed E-state index contributed by atoms with van der Waals surface area (Å²) in [5, 5.41) is 14.4. The second kappa shape index (κ2) is 6.23. The minimum atomic E-state index is -0.520. The lowest BCUT2D eigenvalue weighted by molar-refractivity contribution is -0.384. The van der Waals surface area contributed by atoms with E-state index in [2.05, 4.69) is 15.3 Å². The summed E-state index contributed by atoms with van der Waals surface area (Å²) in [7, 11) is 0. The van der Waals surface area contributed by atoms with E-state index in [1.165, 1.54) is 19.1 Å². The fourth-order valence-corrected chi connectivity index (χ4v) is 2.66. The molecule has 0 fully saturated rings. The molecule has 2 aromatic carbocycles. The lowest BCUT2D eigenvalue weighted by atomic mass is 10.1. The van der Waals surface area contributed by atoms with Crippen molar-refractivity contribution in [3.05, 3.63) is 68.1 Å². The highest BCUT2D eigenvalue weighted by atomic mass is 16.6. The van der Waals surface area contributed by atoms with Crippen LogP contribution < -0.4 is 11.0 Å². The molecule has 0 radical (unpaired) electrons. The van der Waals surface area contributed by atoms with E-state index >= 15 is 0 Å². The molecule has 0 aliphatic heterocycles. The Morgan fingerprint density at radius 1 is 1.16 bits per heavy atom. The van der Waals surface area contributed by atoms with Crippen LogP contribution in [0.15, 0.2) is 41.2 Å². The van der Waals surface area contributed by atoms with Crippen LogP contribution in [-0.4, -0.2) is 20.7 Å². The molecule has 0 amide bonds. The van der Waals surface area contributed by atoms with E-state index in [1.807, 2.05) is 13.0 Å². The Kier molecular flexibility index (Phi) is 4.10. The molecular weight excluding hydrogens is 324 g/mol. The normalized spacial score (nSPS) is 12.1. The molecule has 1 heterocycles. The average molecular weight is 340 g/mol. The number of carbonyl (C=O) groups is 1. The van der Waals surface area contributed by atoms with E-state index in [0.717, 1.165) is 5.56 Å². The summed E-state index contributed by atoms with van der Waals surface area (Å²) in [6.07, 6.45) is 0. The quantitative estimate of drug-likeness (QED) is 0.374. The van der Waals surface area contributed by atoms with Gasteiger partial charge in [-0.2, -0.15) is 0 Å². The molecule has 8 nitrogen and oxygen atoms in total. The van der Waals surface area contributed by atoms with Crippen LogP contribution in [-0.2, 0) is 0 Å². The zero-order valence-electron chi connectivity index (χ0n) is 13.6. The lowest BCUT2D eigenvalue weighted by Gasteiger charge is -2.16. The molecule has 0 aliphatic rings. The standard InChI is InChI=1S/C17H16N4O4/c1-9(11-3-5-13-15(7-11)20-17(23)19-13)18-14-6-4-12(10(2)22)8-16(14)21(24)25/h3-9,18H,1-2H3,(H2,19,20,23)/t9-/m0/s1. The number of hydrogen-bond donors (Lipinski definition) is 3. The SMILES string of the molecule is CC(=O)c1ccc(N[C@@H](C)c2ccc3[nH]c(=O)[nH]c3c2)c([N+](=O)[O-])c1. The zero-order chi connectivity index (χ0) is 18.1. The molecule has 1 aromatic heterocycles. The number of Topliss-reactive ketones (excluding diaryl/α,β-unsaturated/α-hetero) is 1. The predicted molar refractivity (Wildman–Crippen MR) is 94.1 cm³/mol. The largest absolute Gasteiger partial charge is 0.373 e. The number of H-pyrrole nitrogens is 2. The molecule has 8 heteroatoms. The summed E-state index contributed by atoms with van der Waals surface area (Å²) in [5.74, 6) is -0.232. The van der Waals surface area contributed by atoms with Gasteiger partial charge < -0.3 is 15.3 Å². The van der Waals surface area contributed by atoms with Crippen LogP contribution in [0.3, 0.4) is 0 Å². The van der Waals surface area contributed by atoms with Crippen LogP contribution in [0.2, 0.25) is 0 Å². The van der Waals surface area contributed by atoms with Gasteiger partial charge in [0.1, 0.15) is 5.69 Å². The van der Waals surface area contributed by atoms with Crippen molar-refractivity contribution < 1.29 is 9.72 Å². The molecule has 0 unspecified atom stereocenters. The van der Waals surface area contributed by atoms with Gasteiger partial charge >= 0.3 is 5.69 Å². The van der Waals surface area contributed by atoms with Gasteiger partial charge in [-0.25, -0.2) is 4.79 Å². The summed E-state index contributed by atoms with van der Waals surface area (Å²) >= 11 is 0. The number of ketones is 1. The Labute approximate surface area is 142 Å². The predicted octanol–water partition coefficient (Wildman–Crippen LogP) is 3.14. The summed E-state index contributed by atoms with van der Waals surface area (Å²) in [5.41, 5.74) is 2.38. The minimum Gasteiger partial charge on any atom is -0.373 e.